The zero-order valence-electron chi connectivity index (χ0n) is 9.18. The average molecular weight is 228 g/mol. The van der Waals surface area contributed by atoms with Crippen molar-refractivity contribution in [3.05, 3.63) is 29.1 Å². The van der Waals surface area contributed by atoms with Crippen LogP contribution >= 0.6 is 0 Å². The van der Waals surface area contributed by atoms with E-state index in [1.54, 1.807) is 6.07 Å². The minimum atomic E-state index is -2.84. The molecule has 1 aromatic heterocycles. The summed E-state index contributed by atoms with van der Waals surface area (Å²) >= 11 is 0. The molecule has 0 amide bonds. The first-order valence-electron chi connectivity index (χ1n) is 5.66. The normalized spacial score (nSPS) is 15.9. The number of nitrogens with two attached hydrogens (primary N) is 1. The Balaban J connectivity index is 0.00000144. The molecule has 0 radical (unpaired) electrons. The lowest BCUT2D eigenvalue weighted by molar-refractivity contribution is 0.0105. The van der Waals surface area contributed by atoms with Crippen LogP contribution in [0, 0.1) is 0 Å². The molecule has 0 aromatic carbocycles. The van der Waals surface area contributed by atoms with E-state index >= 15 is 0 Å². The van der Waals surface area contributed by atoms with Crippen LogP contribution in [0.15, 0.2) is 12.1 Å². The van der Waals surface area contributed by atoms with E-state index in [0.717, 1.165) is 25.0 Å². The van der Waals surface area contributed by atoms with E-state index in [1.807, 2.05) is 6.07 Å². The molecule has 1 aliphatic carbocycles. The van der Waals surface area contributed by atoms with E-state index in [2.05, 4.69) is 4.98 Å². The summed E-state index contributed by atoms with van der Waals surface area (Å²) in [5.74, 6) is -2.84. The fourth-order valence-electron chi connectivity index (χ4n) is 2.06. The quantitative estimate of drug-likeness (QED) is 0.862. The molecule has 0 unspecified atom stereocenters. The number of halogens is 2. The Hall–Kier alpha value is -1.03. The first kappa shape index (κ1) is 11.5. The molecule has 2 rings (SSSR count). The monoisotopic (exact) mass is 228 g/mol. The minimum absolute atomic E-state index is 0. The zero-order chi connectivity index (χ0) is 11.6. The van der Waals surface area contributed by atoms with Crippen LogP contribution in [0.3, 0.4) is 0 Å². The van der Waals surface area contributed by atoms with Gasteiger partial charge in [0.2, 0.25) is 0 Å². The molecule has 2 N–H and O–H groups in total. The molecule has 1 aromatic rings. The van der Waals surface area contributed by atoms with Gasteiger partial charge in [0.15, 0.2) is 0 Å². The van der Waals surface area contributed by atoms with Gasteiger partial charge in [-0.1, -0.05) is 6.07 Å². The van der Waals surface area contributed by atoms with E-state index < -0.39 is 12.5 Å². The summed E-state index contributed by atoms with van der Waals surface area (Å²) in [6.45, 7) is -0.619. The maximum atomic E-state index is 13.1. The van der Waals surface area contributed by atoms with E-state index in [0.29, 0.717) is 5.69 Å². The van der Waals surface area contributed by atoms with Crippen LogP contribution in [-0.2, 0) is 19.3 Å². The summed E-state index contributed by atoms with van der Waals surface area (Å²) in [5.41, 5.74) is 7.68. The van der Waals surface area contributed by atoms with Gasteiger partial charge < -0.3 is 5.73 Å². The van der Waals surface area contributed by atoms with E-state index in [4.69, 9.17) is 5.73 Å². The predicted molar refractivity (Wildman–Crippen MR) is 60.7 cm³/mol. The molecule has 90 valence electrons. The second-order valence-electron chi connectivity index (χ2n) is 4.35. The topological polar surface area (TPSA) is 38.9 Å². The number of nitrogens with zero attached hydrogens (tertiary/aromatic N) is 1. The van der Waals surface area contributed by atoms with Gasteiger partial charge >= 0.3 is 0 Å². The average Bonchev–Trinajstić information content (AvgIpc) is 2.28. The van der Waals surface area contributed by atoms with Crippen molar-refractivity contribution >= 4 is 0 Å². The Morgan fingerprint density at radius 3 is 2.81 bits per heavy atom. The van der Waals surface area contributed by atoms with Crippen LogP contribution < -0.4 is 5.73 Å². The number of hydrogen-bond acceptors (Lipinski definition) is 2. The highest BCUT2D eigenvalue weighted by Crippen LogP contribution is 2.22. The molecule has 0 fully saturated rings. The lowest BCUT2D eigenvalue weighted by Gasteiger charge is -2.17. The van der Waals surface area contributed by atoms with Crippen molar-refractivity contribution in [2.45, 2.75) is 38.0 Å². The first-order chi connectivity index (χ1) is 7.61. The number of hydrogen-bond donors (Lipinski definition) is 1. The third kappa shape index (κ3) is 2.55. The number of fused-ring (bicyclic) bond motifs is 1. The van der Waals surface area contributed by atoms with Gasteiger partial charge in [-0.05, 0) is 37.3 Å². The smallest absolute Gasteiger partial charge is 0.265 e. The molecule has 0 saturated carbocycles. The van der Waals surface area contributed by atoms with Gasteiger partial charge in [0, 0.05) is 12.8 Å². The maximum Gasteiger partial charge on any atom is 0.265 e. The molecule has 0 aliphatic heterocycles. The molecule has 0 spiro atoms. The summed E-state index contributed by atoms with van der Waals surface area (Å²) < 4.78 is 26.2. The molecule has 0 bridgehead atoms. The van der Waals surface area contributed by atoms with Gasteiger partial charge in [0.05, 0.1) is 13.0 Å². The fourth-order valence-corrected chi connectivity index (χ4v) is 2.06. The van der Waals surface area contributed by atoms with E-state index in [9.17, 15) is 8.78 Å². The van der Waals surface area contributed by atoms with Crippen LogP contribution in [0.25, 0.3) is 0 Å². The SMILES string of the molecule is NCC(F)(F)Cc1ccc2c(n1)CCCC2.[HH]. The summed E-state index contributed by atoms with van der Waals surface area (Å²) in [5, 5.41) is 0. The number of aryl methyl sites for hydroxylation is 2. The Bertz CT molecular complexity index is 383. The summed E-state index contributed by atoms with van der Waals surface area (Å²) in [4.78, 5) is 4.31. The zero-order valence-corrected chi connectivity index (χ0v) is 9.18. The van der Waals surface area contributed by atoms with Crippen molar-refractivity contribution in [1.29, 1.82) is 0 Å². The summed E-state index contributed by atoms with van der Waals surface area (Å²) in [6, 6.07) is 3.64. The Morgan fingerprint density at radius 1 is 1.31 bits per heavy atom. The van der Waals surface area contributed by atoms with Gasteiger partial charge in [-0.25, -0.2) is 8.78 Å². The van der Waals surface area contributed by atoms with Crippen LogP contribution in [0.2, 0.25) is 0 Å². The second-order valence-corrected chi connectivity index (χ2v) is 4.35. The molecule has 0 atom stereocenters. The predicted octanol–water partition coefficient (Wildman–Crippen LogP) is 2.34. The van der Waals surface area contributed by atoms with Gasteiger partial charge in [0.1, 0.15) is 0 Å². The lowest BCUT2D eigenvalue weighted by Crippen LogP contribution is -2.30. The molecule has 16 heavy (non-hydrogen) atoms. The highest BCUT2D eigenvalue weighted by molar-refractivity contribution is 5.25. The number of aromatic nitrogens is 1. The van der Waals surface area contributed by atoms with Gasteiger partial charge in [0.25, 0.3) is 5.92 Å². The molecular formula is C12H18F2N2. The highest BCUT2D eigenvalue weighted by atomic mass is 19.3. The highest BCUT2D eigenvalue weighted by Gasteiger charge is 2.28. The van der Waals surface area contributed by atoms with Crippen molar-refractivity contribution in [2.24, 2.45) is 5.73 Å². The van der Waals surface area contributed by atoms with Crippen molar-refractivity contribution in [1.82, 2.24) is 4.98 Å². The number of alkyl halides is 2. The number of pyridine rings is 1. The number of rotatable bonds is 3. The summed E-state index contributed by atoms with van der Waals surface area (Å²) in [6.07, 6.45) is 3.87. The molecule has 1 heterocycles. The van der Waals surface area contributed by atoms with Crippen LogP contribution in [-0.4, -0.2) is 17.5 Å². The standard InChI is InChI=1S/C12H16F2N2.H2/c13-12(14,8-15)7-10-6-5-9-3-1-2-4-11(9)16-10;/h5-6H,1-4,7-8,15H2;1H. The third-order valence-electron chi connectivity index (χ3n) is 2.97. The van der Waals surface area contributed by atoms with Gasteiger partial charge in [-0.2, -0.15) is 0 Å². The van der Waals surface area contributed by atoms with Crippen LogP contribution in [0.1, 0.15) is 31.2 Å². The van der Waals surface area contributed by atoms with Crippen molar-refractivity contribution < 1.29 is 10.2 Å². The maximum absolute atomic E-state index is 13.1. The molecular weight excluding hydrogens is 210 g/mol. The first-order valence-corrected chi connectivity index (χ1v) is 5.66. The fraction of sp³-hybridized carbons (Fsp3) is 0.583. The second kappa shape index (κ2) is 4.45. The van der Waals surface area contributed by atoms with Crippen molar-refractivity contribution in [2.75, 3.05) is 6.54 Å². The molecule has 4 heteroatoms. The molecule has 1 aliphatic rings. The lowest BCUT2D eigenvalue weighted by atomic mass is 9.95. The molecule has 0 saturated heterocycles. The molecule has 2 nitrogen and oxygen atoms in total. The van der Waals surface area contributed by atoms with Crippen molar-refractivity contribution in [3.63, 3.8) is 0 Å². The third-order valence-corrected chi connectivity index (χ3v) is 2.97. The Morgan fingerprint density at radius 2 is 2.06 bits per heavy atom. The Kier molecular flexibility index (Phi) is 3.19. The summed E-state index contributed by atoms with van der Waals surface area (Å²) in [7, 11) is 0. The minimum Gasteiger partial charge on any atom is -0.325 e. The van der Waals surface area contributed by atoms with Gasteiger partial charge in [-0.3, -0.25) is 4.98 Å². The van der Waals surface area contributed by atoms with E-state index in [-0.39, 0.29) is 7.85 Å². The van der Waals surface area contributed by atoms with Crippen LogP contribution in [0.4, 0.5) is 8.78 Å². The van der Waals surface area contributed by atoms with Crippen molar-refractivity contribution in [3.8, 4) is 0 Å². The largest absolute Gasteiger partial charge is 0.325 e. The van der Waals surface area contributed by atoms with Crippen LogP contribution in [0.5, 0.6) is 0 Å². The van der Waals surface area contributed by atoms with Gasteiger partial charge in [-0.15, -0.1) is 0 Å². The Labute approximate surface area is 95.4 Å². The van der Waals surface area contributed by atoms with E-state index in [1.165, 1.54) is 12.0 Å².